The summed E-state index contributed by atoms with van der Waals surface area (Å²) in [7, 11) is -1.48. The van der Waals surface area contributed by atoms with Gasteiger partial charge in [-0.2, -0.15) is 0 Å². The highest BCUT2D eigenvalue weighted by Gasteiger charge is 2.40. The molecule has 14 heavy (non-hydrogen) atoms. The van der Waals surface area contributed by atoms with E-state index in [-0.39, 0.29) is 0 Å². The molecule has 0 spiro atoms. The van der Waals surface area contributed by atoms with E-state index in [0.29, 0.717) is 5.04 Å². The van der Waals surface area contributed by atoms with E-state index >= 15 is 0 Å². The molecule has 1 unspecified atom stereocenters. The predicted octanol–water partition coefficient (Wildman–Crippen LogP) is 3.87. The van der Waals surface area contributed by atoms with Crippen molar-refractivity contribution in [3.8, 4) is 0 Å². The summed E-state index contributed by atoms with van der Waals surface area (Å²) >= 11 is 0. The quantitative estimate of drug-likeness (QED) is 0.661. The average molecular weight is 213 g/mol. The molecule has 0 aromatic heterocycles. The SMILES string of the molecule is C=C[Si](CCCC)(NCC)C(C)(C)C. The first-order valence-electron chi connectivity index (χ1n) is 5.82. The van der Waals surface area contributed by atoms with Crippen LogP contribution in [0.1, 0.15) is 47.5 Å². The number of nitrogens with one attached hydrogen (secondary N) is 1. The van der Waals surface area contributed by atoms with E-state index in [1.54, 1.807) is 0 Å². The summed E-state index contributed by atoms with van der Waals surface area (Å²) < 4.78 is 0. The van der Waals surface area contributed by atoms with E-state index in [1.807, 2.05) is 0 Å². The van der Waals surface area contributed by atoms with Crippen LogP contribution in [0.4, 0.5) is 0 Å². The molecule has 1 atom stereocenters. The molecule has 0 aliphatic carbocycles. The van der Waals surface area contributed by atoms with Crippen molar-refractivity contribution in [3.63, 3.8) is 0 Å². The lowest BCUT2D eigenvalue weighted by Crippen LogP contribution is -2.55. The Kier molecular flexibility index (Phi) is 5.68. The van der Waals surface area contributed by atoms with Crippen LogP contribution >= 0.6 is 0 Å². The second kappa shape index (κ2) is 5.71. The number of rotatable bonds is 6. The third kappa shape index (κ3) is 3.25. The van der Waals surface area contributed by atoms with Gasteiger partial charge in [0.15, 0.2) is 8.24 Å². The lowest BCUT2D eigenvalue weighted by Gasteiger charge is -2.41. The molecule has 0 saturated heterocycles. The molecule has 0 aliphatic heterocycles. The zero-order valence-electron chi connectivity index (χ0n) is 10.6. The minimum absolute atomic E-state index is 0.375. The van der Waals surface area contributed by atoms with Crippen molar-refractivity contribution in [3.05, 3.63) is 12.3 Å². The second-order valence-electron chi connectivity index (χ2n) is 5.06. The summed E-state index contributed by atoms with van der Waals surface area (Å²) in [4.78, 5) is 3.74. The van der Waals surface area contributed by atoms with Crippen LogP contribution in [0.25, 0.3) is 0 Å². The van der Waals surface area contributed by atoms with Crippen LogP contribution in [0.3, 0.4) is 0 Å². The average Bonchev–Trinajstić information content (AvgIpc) is 2.10. The lowest BCUT2D eigenvalue weighted by molar-refractivity contribution is 0.672. The Morgan fingerprint density at radius 1 is 1.29 bits per heavy atom. The molecule has 0 rings (SSSR count). The molecule has 0 fully saturated rings. The Morgan fingerprint density at radius 3 is 2.14 bits per heavy atom. The van der Waals surface area contributed by atoms with Gasteiger partial charge in [0.1, 0.15) is 0 Å². The van der Waals surface area contributed by atoms with Gasteiger partial charge in [0.05, 0.1) is 0 Å². The van der Waals surface area contributed by atoms with Crippen molar-refractivity contribution in [1.82, 2.24) is 4.98 Å². The maximum Gasteiger partial charge on any atom is 0.155 e. The maximum absolute atomic E-state index is 4.07. The van der Waals surface area contributed by atoms with E-state index in [2.05, 4.69) is 51.9 Å². The van der Waals surface area contributed by atoms with Gasteiger partial charge in [-0.25, -0.2) is 0 Å². The number of hydrogen-bond donors (Lipinski definition) is 1. The lowest BCUT2D eigenvalue weighted by atomic mass is 10.2. The van der Waals surface area contributed by atoms with Crippen molar-refractivity contribution in [2.24, 2.45) is 0 Å². The molecule has 1 nitrogen and oxygen atoms in total. The van der Waals surface area contributed by atoms with Gasteiger partial charge in [-0.1, -0.05) is 53.2 Å². The molecular formula is C12H27NSi. The largest absolute Gasteiger partial charge is 0.334 e. The predicted molar refractivity (Wildman–Crippen MR) is 69.1 cm³/mol. The highest BCUT2D eigenvalue weighted by atomic mass is 28.3. The molecule has 0 saturated carbocycles. The Morgan fingerprint density at radius 2 is 1.86 bits per heavy atom. The first-order valence-corrected chi connectivity index (χ1v) is 8.10. The standard InChI is InChI=1S/C12H27NSi/c1-7-10-11-14(9-3,13-8-2)12(4,5)6/h9,13H,3,7-8,10-11H2,1-2,4-6H3. The smallest absolute Gasteiger partial charge is 0.155 e. The minimum atomic E-state index is -1.48. The maximum atomic E-state index is 4.07. The highest BCUT2D eigenvalue weighted by Crippen LogP contribution is 2.38. The van der Waals surface area contributed by atoms with Crippen molar-refractivity contribution in [1.29, 1.82) is 0 Å². The van der Waals surface area contributed by atoms with E-state index < -0.39 is 8.24 Å². The summed E-state index contributed by atoms with van der Waals surface area (Å²) in [6.07, 6.45) is 2.60. The minimum Gasteiger partial charge on any atom is -0.334 e. The van der Waals surface area contributed by atoms with Crippen molar-refractivity contribution >= 4 is 8.24 Å². The third-order valence-electron chi connectivity index (χ3n) is 3.10. The molecule has 2 heteroatoms. The Balaban J connectivity index is 4.69. The highest BCUT2D eigenvalue weighted by molar-refractivity contribution is 6.84. The summed E-state index contributed by atoms with van der Waals surface area (Å²) in [5.41, 5.74) is 2.24. The molecule has 1 N–H and O–H groups in total. The monoisotopic (exact) mass is 213 g/mol. The van der Waals surface area contributed by atoms with Crippen LogP contribution in [-0.4, -0.2) is 14.8 Å². The summed E-state index contributed by atoms with van der Waals surface area (Å²) in [5.74, 6) is 0. The molecule has 0 heterocycles. The zero-order valence-corrected chi connectivity index (χ0v) is 11.6. The van der Waals surface area contributed by atoms with E-state index in [0.717, 1.165) is 6.54 Å². The van der Waals surface area contributed by atoms with Gasteiger partial charge < -0.3 is 4.98 Å². The van der Waals surface area contributed by atoms with Crippen LogP contribution in [0, 0.1) is 0 Å². The fourth-order valence-corrected chi connectivity index (χ4v) is 5.94. The topological polar surface area (TPSA) is 12.0 Å². The molecule has 0 bridgehead atoms. The Bertz CT molecular complexity index is 172. The van der Waals surface area contributed by atoms with Crippen molar-refractivity contribution in [2.45, 2.75) is 58.5 Å². The molecule has 0 aromatic carbocycles. The Hall–Kier alpha value is -0.0831. The van der Waals surface area contributed by atoms with E-state index in [9.17, 15) is 0 Å². The fraction of sp³-hybridized carbons (Fsp3) is 0.833. The fourth-order valence-electron chi connectivity index (χ4n) is 1.98. The normalized spacial score (nSPS) is 16.4. The van der Waals surface area contributed by atoms with Gasteiger partial charge >= 0.3 is 0 Å². The first-order chi connectivity index (χ1) is 6.43. The zero-order chi connectivity index (χ0) is 11.2. The van der Waals surface area contributed by atoms with Gasteiger partial charge in [-0.3, -0.25) is 0 Å². The van der Waals surface area contributed by atoms with Crippen LogP contribution in [0.5, 0.6) is 0 Å². The number of unbranched alkanes of at least 4 members (excludes halogenated alkanes) is 1. The summed E-state index contributed by atoms with van der Waals surface area (Å²) in [5, 5.41) is 0.375. The second-order valence-corrected chi connectivity index (χ2v) is 9.76. The van der Waals surface area contributed by atoms with Crippen molar-refractivity contribution in [2.75, 3.05) is 6.54 Å². The first kappa shape index (κ1) is 13.9. The van der Waals surface area contributed by atoms with Crippen LogP contribution < -0.4 is 4.98 Å². The van der Waals surface area contributed by atoms with Crippen molar-refractivity contribution < 1.29 is 0 Å². The Labute approximate surface area is 91.1 Å². The molecule has 84 valence electrons. The summed E-state index contributed by atoms with van der Waals surface area (Å²) in [6.45, 7) is 16.6. The van der Waals surface area contributed by atoms with Gasteiger partial charge in [-0.05, 0) is 17.6 Å². The molecular weight excluding hydrogens is 186 g/mol. The van der Waals surface area contributed by atoms with Crippen LogP contribution in [0.15, 0.2) is 12.3 Å². The van der Waals surface area contributed by atoms with Crippen LogP contribution in [-0.2, 0) is 0 Å². The summed E-state index contributed by atoms with van der Waals surface area (Å²) in [6, 6.07) is 1.32. The van der Waals surface area contributed by atoms with Crippen LogP contribution in [0.2, 0.25) is 11.1 Å². The molecule has 0 aliphatic rings. The number of hydrogen-bond acceptors (Lipinski definition) is 1. The van der Waals surface area contributed by atoms with E-state index in [4.69, 9.17) is 0 Å². The molecule has 0 radical (unpaired) electrons. The van der Waals surface area contributed by atoms with Gasteiger partial charge in [0, 0.05) is 0 Å². The van der Waals surface area contributed by atoms with Gasteiger partial charge in [-0.15, -0.1) is 6.58 Å². The molecule has 0 aromatic rings. The third-order valence-corrected chi connectivity index (χ3v) is 8.60. The van der Waals surface area contributed by atoms with Gasteiger partial charge in [0.2, 0.25) is 0 Å². The van der Waals surface area contributed by atoms with Gasteiger partial charge in [0.25, 0.3) is 0 Å². The van der Waals surface area contributed by atoms with E-state index in [1.165, 1.54) is 18.9 Å². The molecule has 0 amide bonds.